The highest BCUT2D eigenvalue weighted by molar-refractivity contribution is 8.26. The minimum absolute atomic E-state index is 0.311. The van der Waals surface area contributed by atoms with Gasteiger partial charge >= 0.3 is 0 Å². The lowest BCUT2D eigenvalue weighted by molar-refractivity contribution is 0.423. The van der Waals surface area contributed by atoms with Crippen molar-refractivity contribution in [1.82, 2.24) is 0 Å². The Balaban J connectivity index is 3.29. The smallest absolute Gasteiger partial charge is 0.0798 e. The normalized spacial score (nSPS) is 13.5. The molecule has 0 aromatic heterocycles. The second kappa shape index (κ2) is 8.11. The first-order valence-electron chi connectivity index (χ1n) is 3.55. The number of allylic oxidation sites excluding steroid dienone is 2. The van der Waals surface area contributed by atoms with E-state index >= 15 is 0 Å². The van der Waals surface area contributed by atoms with Crippen LogP contribution in [0.25, 0.3) is 0 Å². The Labute approximate surface area is 75.9 Å². The third-order valence-corrected chi connectivity index (χ3v) is 2.78. The van der Waals surface area contributed by atoms with Crippen molar-refractivity contribution in [3.8, 4) is 0 Å². The average molecular weight is 190 g/mol. The van der Waals surface area contributed by atoms with Gasteiger partial charge in [0.25, 0.3) is 0 Å². The van der Waals surface area contributed by atoms with Crippen molar-refractivity contribution in [3.05, 3.63) is 24.8 Å². The minimum atomic E-state index is -0.311. The third-order valence-electron chi connectivity index (χ3n) is 1.02. The number of hydrogen-bond donors (Lipinski definition) is 0. The molecule has 0 aromatic rings. The Morgan fingerprint density at radius 3 is 2.91 bits per heavy atom. The molecule has 1 unspecified atom stereocenters. The first-order chi connectivity index (χ1) is 5.31. The highest BCUT2D eigenvalue weighted by Gasteiger charge is 1.90. The van der Waals surface area contributed by atoms with E-state index < -0.39 is 0 Å². The largest absolute Gasteiger partial charge is 0.308 e. The molecule has 0 aromatic carbocycles. The average Bonchev–Trinajstić information content (AvgIpc) is 2.01. The Kier molecular flexibility index (Phi) is 8.12. The second-order valence-corrected chi connectivity index (χ2v) is 4.31. The molecule has 0 rings (SSSR count). The Morgan fingerprint density at radius 1 is 1.64 bits per heavy atom. The second-order valence-electron chi connectivity index (χ2n) is 1.94. The molecule has 0 N–H and O–H groups in total. The molecule has 3 heteroatoms. The molecule has 0 fully saturated rings. The zero-order valence-electron chi connectivity index (χ0n) is 6.79. The minimum Gasteiger partial charge on any atom is -0.308 e. The van der Waals surface area contributed by atoms with Gasteiger partial charge in [-0.05, 0) is 24.5 Å². The van der Waals surface area contributed by atoms with Gasteiger partial charge in [0.15, 0.2) is 0 Å². The molecular weight excluding hydrogens is 176 g/mol. The summed E-state index contributed by atoms with van der Waals surface area (Å²) in [6, 6.07) is 0. The maximum absolute atomic E-state index is 5.29. The maximum Gasteiger partial charge on any atom is 0.0798 e. The maximum atomic E-state index is 5.29. The van der Waals surface area contributed by atoms with Gasteiger partial charge in [0.05, 0.1) is 6.61 Å². The van der Waals surface area contributed by atoms with Crippen LogP contribution in [0.4, 0.5) is 0 Å². The molecule has 0 amide bonds. The topological polar surface area (TPSA) is 9.23 Å². The summed E-state index contributed by atoms with van der Waals surface area (Å²) >= 11 is 5.04. The fraction of sp³-hybridized carbons (Fsp3) is 0.500. The van der Waals surface area contributed by atoms with Gasteiger partial charge < -0.3 is 4.18 Å². The van der Waals surface area contributed by atoms with Crippen LogP contribution in [0.1, 0.15) is 13.3 Å². The molecule has 0 aliphatic carbocycles. The van der Waals surface area contributed by atoms with Crippen molar-refractivity contribution >= 4 is 20.9 Å². The molecule has 1 atom stereocenters. The lowest BCUT2D eigenvalue weighted by Crippen LogP contribution is -1.99. The highest BCUT2D eigenvalue weighted by atomic mass is 32.8. The molecule has 1 nitrogen and oxygen atoms in total. The van der Waals surface area contributed by atoms with E-state index in [4.69, 9.17) is 15.4 Å². The van der Waals surface area contributed by atoms with E-state index in [0.717, 1.165) is 12.2 Å². The van der Waals surface area contributed by atoms with Crippen LogP contribution in [0.5, 0.6) is 0 Å². The molecule has 0 saturated carbocycles. The molecule has 11 heavy (non-hydrogen) atoms. The lowest BCUT2D eigenvalue weighted by Gasteiger charge is -2.00. The van der Waals surface area contributed by atoms with Crippen LogP contribution >= 0.6 is 0 Å². The number of hydrogen-bond acceptors (Lipinski definition) is 2. The van der Waals surface area contributed by atoms with Crippen molar-refractivity contribution in [2.24, 2.45) is 0 Å². The molecule has 0 radical (unpaired) electrons. The van der Waals surface area contributed by atoms with Crippen LogP contribution in [0.2, 0.25) is 0 Å². The van der Waals surface area contributed by atoms with E-state index in [2.05, 4.69) is 6.58 Å². The van der Waals surface area contributed by atoms with Crippen molar-refractivity contribution in [1.29, 1.82) is 0 Å². The quantitative estimate of drug-likeness (QED) is 0.594. The van der Waals surface area contributed by atoms with Crippen LogP contribution in [-0.2, 0) is 25.1 Å². The number of rotatable bonds is 6. The van der Waals surface area contributed by atoms with E-state index in [1.54, 1.807) is 0 Å². The fourth-order valence-corrected chi connectivity index (χ4v) is 1.61. The van der Waals surface area contributed by atoms with Crippen LogP contribution in [-0.4, -0.2) is 12.4 Å². The van der Waals surface area contributed by atoms with Crippen LogP contribution in [0.15, 0.2) is 24.8 Å². The molecule has 0 spiro atoms. The van der Waals surface area contributed by atoms with Gasteiger partial charge in [-0.1, -0.05) is 18.2 Å². The van der Waals surface area contributed by atoms with Gasteiger partial charge in [0.1, 0.15) is 0 Å². The molecule has 0 saturated heterocycles. The van der Waals surface area contributed by atoms with E-state index in [9.17, 15) is 0 Å². The zero-order valence-corrected chi connectivity index (χ0v) is 8.42. The first-order valence-corrected chi connectivity index (χ1v) is 5.79. The summed E-state index contributed by atoms with van der Waals surface area (Å²) in [7, 11) is -0.311. The van der Waals surface area contributed by atoms with E-state index in [0.29, 0.717) is 6.61 Å². The van der Waals surface area contributed by atoms with Crippen molar-refractivity contribution in [2.45, 2.75) is 13.3 Å². The Bertz CT molecular complexity index is 152. The summed E-state index contributed by atoms with van der Waals surface area (Å²) in [6.07, 6.45) is 6.73. The van der Waals surface area contributed by atoms with Gasteiger partial charge in [0, 0.05) is 15.5 Å². The Hall–Kier alpha value is 0.01000. The summed E-state index contributed by atoms with van der Waals surface area (Å²) < 4.78 is 5.29. The van der Waals surface area contributed by atoms with Crippen molar-refractivity contribution in [2.75, 3.05) is 12.4 Å². The van der Waals surface area contributed by atoms with Gasteiger partial charge in [0.2, 0.25) is 0 Å². The standard InChI is InChI=1S/C8H14OS2/c1-3-5-7-9-11(10)8-6-4-2/h3-5H,2,6-8H2,1H3. The summed E-state index contributed by atoms with van der Waals surface area (Å²) in [5, 5.41) is 0. The summed E-state index contributed by atoms with van der Waals surface area (Å²) in [6.45, 7) is 6.22. The van der Waals surface area contributed by atoms with E-state index in [1.165, 1.54) is 0 Å². The van der Waals surface area contributed by atoms with Crippen LogP contribution in [0, 0.1) is 0 Å². The fourth-order valence-electron chi connectivity index (χ4n) is 0.450. The van der Waals surface area contributed by atoms with Crippen LogP contribution in [0.3, 0.4) is 0 Å². The molecule has 0 heterocycles. The van der Waals surface area contributed by atoms with E-state index in [1.807, 2.05) is 25.2 Å². The van der Waals surface area contributed by atoms with Gasteiger partial charge in [-0.15, -0.1) is 6.58 Å². The zero-order chi connectivity index (χ0) is 8.53. The van der Waals surface area contributed by atoms with Crippen LogP contribution < -0.4 is 0 Å². The Morgan fingerprint density at radius 2 is 2.36 bits per heavy atom. The summed E-state index contributed by atoms with van der Waals surface area (Å²) in [5.74, 6) is 0.913. The van der Waals surface area contributed by atoms with Gasteiger partial charge in [-0.2, -0.15) is 0 Å². The predicted molar refractivity (Wildman–Crippen MR) is 55.2 cm³/mol. The highest BCUT2D eigenvalue weighted by Crippen LogP contribution is 1.91. The molecule has 0 aliphatic rings. The monoisotopic (exact) mass is 190 g/mol. The van der Waals surface area contributed by atoms with Gasteiger partial charge in [-0.3, -0.25) is 0 Å². The first kappa shape index (κ1) is 11.0. The molecule has 64 valence electrons. The van der Waals surface area contributed by atoms with E-state index in [-0.39, 0.29) is 9.74 Å². The van der Waals surface area contributed by atoms with Crippen molar-refractivity contribution < 1.29 is 4.18 Å². The predicted octanol–water partition coefficient (Wildman–Crippen LogP) is 2.15. The lowest BCUT2D eigenvalue weighted by atomic mass is 10.5. The SMILES string of the molecule is C=CCCS(=S)OCC=CC. The molecule has 0 bridgehead atoms. The molecular formula is C8H14OS2. The summed E-state index contributed by atoms with van der Waals surface area (Å²) in [5.41, 5.74) is 0. The summed E-state index contributed by atoms with van der Waals surface area (Å²) in [4.78, 5) is 0. The third kappa shape index (κ3) is 7.91. The van der Waals surface area contributed by atoms with Gasteiger partial charge in [-0.25, -0.2) is 0 Å². The molecule has 0 aliphatic heterocycles. The van der Waals surface area contributed by atoms with Crippen molar-refractivity contribution in [3.63, 3.8) is 0 Å².